The number of para-hydroxylation sites is 1. The second-order valence-electron chi connectivity index (χ2n) is 3.75. The molecule has 0 bridgehead atoms. The van der Waals surface area contributed by atoms with Crippen molar-refractivity contribution in [3.8, 4) is 0 Å². The van der Waals surface area contributed by atoms with Gasteiger partial charge in [-0.25, -0.2) is 0 Å². The molecule has 2 aromatic carbocycles. The van der Waals surface area contributed by atoms with Crippen molar-refractivity contribution in [2.75, 3.05) is 5.32 Å². The van der Waals surface area contributed by atoms with Gasteiger partial charge in [-0.05, 0) is 0 Å². The van der Waals surface area contributed by atoms with E-state index >= 15 is 0 Å². The van der Waals surface area contributed by atoms with Crippen LogP contribution in [0, 0.1) is 0 Å². The fourth-order valence-corrected chi connectivity index (χ4v) is 3.81. The predicted molar refractivity (Wildman–Crippen MR) is 76.7 cm³/mol. The predicted octanol–water partition coefficient (Wildman–Crippen LogP) is 2.71. The molecule has 0 unspecified atom stereocenters. The van der Waals surface area contributed by atoms with Crippen LogP contribution in [0.15, 0.2) is 54.6 Å². The summed E-state index contributed by atoms with van der Waals surface area (Å²) >= 11 is -0.188. The molecule has 0 aliphatic carbocycles. The van der Waals surface area contributed by atoms with Gasteiger partial charge in [0.05, 0.1) is 0 Å². The minimum atomic E-state index is -0.188. The second kappa shape index (κ2) is 6.58. The van der Waals surface area contributed by atoms with Crippen molar-refractivity contribution in [3.63, 3.8) is 0 Å². The van der Waals surface area contributed by atoms with Gasteiger partial charge in [0, 0.05) is 0 Å². The Morgan fingerprint density at radius 2 is 1.72 bits per heavy atom. The zero-order valence-electron chi connectivity index (χ0n) is 10.2. The Morgan fingerprint density at radius 3 is 2.44 bits per heavy atom. The summed E-state index contributed by atoms with van der Waals surface area (Å²) in [5.74, 6) is -0.0355. The number of hydrogen-bond donors (Lipinski definition) is 1. The van der Waals surface area contributed by atoms with Crippen molar-refractivity contribution in [1.29, 1.82) is 0 Å². The Bertz CT molecular complexity index is 525. The van der Waals surface area contributed by atoms with Crippen LogP contribution in [-0.4, -0.2) is 26.8 Å². The number of nitrogens with one attached hydrogen (secondary N) is 1. The average Bonchev–Trinajstić information content (AvgIpc) is 2.42. The monoisotopic (exact) mass is 355 g/mol. The summed E-state index contributed by atoms with van der Waals surface area (Å²) in [6.07, 6.45) is 0. The van der Waals surface area contributed by atoms with Crippen molar-refractivity contribution in [1.82, 2.24) is 0 Å². The van der Waals surface area contributed by atoms with Gasteiger partial charge in [-0.3, -0.25) is 0 Å². The number of amides is 1. The third-order valence-electron chi connectivity index (χ3n) is 2.47. The van der Waals surface area contributed by atoms with Crippen LogP contribution in [0.2, 0.25) is 4.47 Å². The molecule has 0 atom stereocenters. The van der Waals surface area contributed by atoms with E-state index in [-0.39, 0.29) is 26.8 Å². The molecule has 0 heterocycles. The Labute approximate surface area is 117 Å². The van der Waals surface area contributed by atoms with E-state index in [1.807, 2.05) is 48.5 Å². The first kappa shape index (κ1) is 13.1. The maximum absolute atomic E-state index is 12.1. The molecule has 0 saturated heterocycles. The summed E-state index contributed by atoms with van der Waals surface area (Å²) in [5.41, 5.74) is 1.67. The molecule has 0 aliphatic heterocycles. The van der Waals surface area contributed by atoms with Crippen LogP contribution >= 0.6 is 0 Å². The summed E-state index contributed by atoms with van der Waals surface area (Å²) in [7, 11) is 0. The third-order valence-corrected chi connectivity index (χ3v) is 5.20. The molecular weight excluding hydrogens is 338 g/mol. The van der Waals surface area contributed by atoms with Gasteiger partial charge in [0.25, 0.3) is 0 Å². The molecule has 92 valence electrons. The SMILES string of the molecule is CC[Te]c1ccccc1NC(=O)c1ccccc1. The maximum atomic E-state index is 12.1. The standard InChI is InChI=1S/C15H15NOTe/c1-2-18-14-11-7-6-10-13(14)16-15(17)12-8-4-3-5-9-12/h3-11H,2H2,1H3,(H,16,17). The van der Waals surface area contributed by atoms with Gasteiger partial charge in [-0.1, -0.05) is 0 Å². The fourth-order valence-electron chi connectivity index (χ4n) is 1.64. The summed E-state index contributed by atoms with van der Waals surface area (Å²) in [4.78, 5) is 12.1. The molecule has 1 N–H and O–H groups in total. The van der Waals surface area contributed by atoms with Crippen molar-refractivity contribution >= 4 is 36.1 Å². The van der Waals surface area contributed by atoms with Crippen molar-refractivity contribution in [3.05, 3.63) is 60.2 Å². The molecule has 0 saturated carbocycles. The number of hydrogen-bond acceptors (Lipinski definition) is 1. The number of carbonyl (C=O) groups excluding carboxylic acids is 1. The van der Waals surface area contributed by atoms with Crippen LogP contribution in [0.1, 0.15) is 17.3 Å². The molecule has 2 nitrogen and oxygen atoms in total. The van der Waals surface area contributed by atoms with Gasteiger partial charge in [-0.2, -0.15) is 0 Å². The van der Waals surface area contributed by atoms with E-state index in [0.717, 1.165) is 5.69 Å². The normalized spacial score (nSPS) is 10.1. The number of benzene rings is 2. The second-order valence-corrected chi connectivity index (χ2v) is 7.48. The van der Waals surface area contributed by atoms with Crippen molar-refractivity contribution < 1.29 is 4.79 Å². The molecule has 0 fully saturated rings. The van der Waals surface area contributed by atoms with Crippen molar-refractivity contribution in [2.24, 2.45) is 0 Å². The van der Waals surface area contributed by atoms with Crippen molar-refractivity contribution in [2.45, 2.75) is 11.4 Å². The molecule has 2 rings (SSSR count). The molecular formula is C15H15NOTe. The van der Waals surface area contributed by atoms with E-state index in [1.54, 1.807) is 0 Å². The first-order valence-corrected chi connectivity index (χ1v) is 8.71. The Kier molecular flexibility index (Phi) is 4.81. The van der Waals surface area contributed by atoms with Gasteiger partial charge in [0.15, 0.2) is 0 Å². The third kappa shape index (κ3) is 3.35. The summed E-state index contributed by atoms with van der Waals surface area (Å²) in [6.45, 7) is 2.19. The molecule has 1 amide bonds. The quantitative estimate of drug-likeness (QED) is 0.842. The van der Waals surface area contributed by atoms with Gasteiger partial charge in [0.2, 0.25) is 0 Å². The molecule has 3 heteroatoms. The zero-order chi connectivity index (χ0) is 12.8. The van der Waals surface area contributed by atoms with Crippen LogP contribution in [0.5, 0.6) is 0 Å². The zero-order valence-corrected chi connectivity index (χ0v) is 12.6. The van der Waals surface area contributed by atoms with E-state index in [0.29, 0.717) is 5.56 Å². The summed E-state index contributed by atoms with van der Waals surface area (Å²) in [6, 6.07) is 17.4. The van der Waals surface area contributed by atoms with Crippen LogP contribution in [0.3, 0.4) is 0 Å². The topological polar surface area (TPSA) is 29.1 Å². The van der Waals surface area contributed by atoms with Crippen LogP contribution in [-0.2, 0) is 0 Å². The van der Waals surface area contributed by atoms with Crippen LogP contribution < -0.4 is 8.93 Å². The average molecular weight is 353 g/mol. The minimum absolute atomic E-state index is 0.0355. The van der Waals surface area contributed by atoms with Crippen LogP contribution in [0.25, 0.3) is 0 Å². The summed E-state index contributed by atoms with van der Waals surface area (Å²) in [5, 5.41) is 3.01. The molecule has 0 radical (unpaired) electrons. The first-order chi connectivity index (χ1) is 8.81. The van der Waals surface area contributed by atoms with E-state index in [1.165, 1.54) is 8.08 Å². The molecule has 18 heavy (non-hydrogen) atoms. The molecule has 2 aromatic rings. The first-order valence-electron chi connectivity index (χ1n) is 5.89. The molecule has 0 spiro atoms. The van der Waals surface area contributed by atoms with E-state index < -0.39 is 0 Å². The van der Waals surface area contributed by atoms with E-state index in [9.17, 15) is 4.79 Å². The fraction of sp³-hybridized carbons (Fsp3) is 0.133. The number of anilines is 1. The molecule has 0 aliphatic rings. The van der Waals surface area contributed by atoms with Gasteiger partial charge >= 0.3 is 118 Å². The van der Waals surface area contributed by atoms with E-state index in [2.05, 4.69) is 18.3 Å². The Hall–Kier alpha value is -1.30. The van der Waals surface area contributed by atoms with Crippen LogP contribution in [0.4, 0.5) is 5.69 Å². The number of carbonyl (C=O) groups is 1. The number of rotatable bonds is 4. The van der Waals surface area contributed by atoms with Gasteiger partial charge in [-0.15, -0.1) is 0 Å². The van der Waals surface area contributed by atoms with Gasteiger partial charge < -0.3 is 0 Å². The Morgan fingerprint density at radius 1 is 1.06 bits per heavy atom. The summed E-state index contributed by atoms with van der Waals surface area (Å²) < 4.78 is 2.51. The Balaban J connectivity index is 2.17. The van der Waals surface area contributed by atoms with E-state index in [4.69, 9.17) is 0 Å². The molecule has 0 aromatic heterocycles. The van der Waals surface area contributed by atoms with Gasteiger partial charge in [0.1, 0.15) is 0 Å².